The van der Waals surface area contributed by atoms with E-state index < -0.39 is 26.6 Å². The molecule has 1 unspecified atom stereocenters. The predicted octanol–water partition coefficient (Wildman–Crippen LogP) is 8.33. The van der Waals surface area contributed by atoms with E-state index in [1.807, 2.05) is 20.8 Å². The first-order chi connectivity index (χ1) is 23.1. The number of unbranched alkanes of at least 4 members (excludes halogenated alkanes) is 13. The first kappa shape index (κ1) is 42.5. The number of nitrogens with two attached hydrogens (primary N) is 1. The molecule has 12 nitrogen and oxygen atoms in total. The van der Waals surface area contributed by atoms with Gasteiger partial charge in [0.25, 0.3) is 0 Å². The van der Waals surface area contributed by atoms with Crippen molar-refractivity contribution in [2.24, 2.45) is 5.92 Å². The van der Waals surface area contributed by atoms with Crippen molar-refractivity contribution in [1.29, 1.82) is 0 Å². The van der Waals surface area contributed by atoms with Gasteiger partial charge in [0.15, 0.2) is 11.5 Å². The van der Waals surface area contributed by atoms with Crippen LogP contribution in [0, 0.1) is 5.92 Å². The van der Waals surface area contributed by atoms with Gasteiger partial charge in [0, 0.05) is 5.75 Å². The van der Waals surface area contributed by atoms with E-state index in [0.29, 0.717) is 23.5 Å². The minimum absolute atomic E-state index is 0.148. The van der Waals surface area contributed by atoms with Crippen LogP contribution >= 0.6 is 7.60 Å². The number of hydrogen-bond acceptors (Lipinski definition) is 12. The molecule has 2 heterocycles. The number of carbonyl (C=O) groups excluding carboxylic acids is 1. The van der Waals surface area contributed by atoms with Gasteiger partial charge in [0.05, 0.1) is 32.2 Å². The first-order valence-corrected chi connectivity index (χ1v) is 21.9. The summed E-state index contributed by atoms with van der Waals surface area (Å²) >= 11 is 5.68. The number of rotatable bonds is 29. The summed E-state index contributed by atoms with van der Waals surface area (Å²) in [6, 6.07) is 0. The van der Waals surface area contributed by atoms with Crippen molar-refractivity contribution in [3.63, 3.8) is 0 Å². The molecule has 0 saturated carbocycles. The Morgan fingerprint density at radius 3 is 2.15 bits per heavy atom. The number of carbonyl (C=O) groups is 1. The number of fused-ring (bicyclic) bond motifs is 1. The molecular weight excluding hydrogens is 673 g/mol. The van der Waals surface area contributed by atoms with E-state index in [2.05, 4.69) is 21.9 Å². The zero-order valence-corrected chi connectivity index (χ0v) is 32.2. The highest BCUT2D eigenvalue weighted by Gasteiger charge is 2.28. The van der Waals surface area contributed by atoms with E-state index in [9.17, 15) is 9.36 Å². The van der Waals surface area contributed by atoms with E-state index in [-0.39, 0.29) is 40.8 Å². The largest absolute Gasteiger partial charge is 0.510 e. The lowest BCUT2D eigenvalue weighted by Crippen LogP contribution is -2.19. The van der Waals surface area contributed by atoms with Gasteiger partial charge in [-0.05, 0) is 25.0 Å². The van der Waals surface area contributed by atoms with Crippen molar-refractivity contribution in [2.45, 2.75) is 130 Å². The highest BCUT2D eigenvalue weighted by molar-refractivity contribution is 8.28. The third-order valence-electron chi connectivity index (χ3n) is 7.69. The molecular formula is C33H60N5O7PS2. The number of nitrogen functional groups attached to an aromatic ring is 1. The van der Waals surface area contributed by atoms with Gasteiger partial charge in [-0.15, -0.1) is 9.45 Å². The molecule has 2 rings (SSSR count). The topological polar surface area (TPSA) is 150 Å². The maximum absolute atomic E-state index is 13.6. The van der Waals surface area contributed by atoms with E-state index in [0.717, 1.165) is 12.2 Å². The molecule has 0 bridgehead atoms. The van der Waals surface area contributed by atoms with Gasteiger partial charge in [-0.3, -0.25) is 9.09 Å². The number of ether oxygens (including phenoxy) is 3. The Hall–Kier alpha value is -1.70. The average molecular weight is 734 g/mol. The second-order valence-electron chi connectivity index (χ2n) is 12.7. The van der Waals surface area contributed by atoms with E-state index in [1.54, 1.807) is 10.9 Å². The zero-order valence-electron chi connectivity index (χ0n) is 29.6. The third-order valence-corrected chi connectivity index (χ3v) is 11.6. The third kappa shape index (κ3) is 18.9. The van der Waals surface area contributed by atoms with Crippen LogP contribution in [0.4, 0.5) is 10.6 Å². The summed E-state index contributed by atoms with van der Waals surface area (Å²) in [5.41, 5.74) is 6.95. The van der Waals surface area contributed by atoms with E-state index in [4.69, 9.17) is 40.2 Å². The number of aromatic nitrogens is 4. The summed E-state index contributed by atoms with van der Waals surface area (Å²) in [6.07, 6.45) is 19.8. The summed E-state index contributed by atoms with van der Waals surface area (Å²) in [6.45, 7) is 8.02. The Morgan fingerprint density at radius 2 is 1.52 bits per heavy atom. The Bertz CT molecular complexity index is 1240. The lowest BCUT2D eigenvalue weighted by molar-refractivity contribution is -0.0109. The lowest BCUT2D eigenvalue weighted by atomic mass is 10.0. The maximum Gasteiger partial charge on any atom is 0.510 e. The summed E-state index contributed by atoms with van der Waals surface area (Å²) < 4.78 is 42.4. The quantitative estimate of drug-likeness (QED) is 0.0371. The minimum atomic E-state index is -3.80. The van der Waals surface area contributed by atoms with Crippen LogP contribution in [-0.2, 0) is 55.0 Å². The Morgan fingerprint density at radius 1 is 0.896 bits per heavy atom. The van der Waals surface area contributed by atoms with Gasteiger partial charge < -0.3 is 29.0 Å². The van der Waals surface area contributed by atoms with Crippen molar-refractivity contribution in [3.8, 4) is 0 Å². The monoisotopic (exact) mass is 733 g/mol. The van der Waals surface area contributed by atoms with Crippen LogP contribution in [0.1, 0.15) is 118 Å². The van der Waals surface area contributed by atoms with Crippen LogP contribution in [0.2, 0.25) is 0 Å². The fraction of sp³-hybridized carbons (Fsp3) is 0.818. The second kappa shape index (κ2) is 25.3. The molecule has 0 amide bonds. The molecule has 0 fully saturated rings. The average Bonchev–Trinajstić information content (AvgIpc) is 3.46. The van der Waals surface area contributed by atoms with Crippen molar-refractivity contribution < 1.29 is 32.6 Å². The molecule has 48 heavy (non-hydrogen) atoms. The molecule has 276 valence electrons. The molecule has 0 spiro atoms. The van der Waals surface area contributed by atoms with Gasteiger partial charge in [0.2, 0.25) is 6.79 Å². The normalized spacial score (nSPS) is 14.3. The van der Waals surface area contributed by atoms with Crippen LogP contribution < -0.4 is 5.73 Å². The SMILES string of the molecule is CCCCCCCCCCCCCCCCS(=S)CCO[P@@](=O)(CO[C@H](C)Cn1cnc2c(N)ncnc21)OCOC(=O)OCC(C)C. The standard InChI is InChI=1S/C33H60N5O7PS2/c1-5-6-7-8-9-10-11-12-13-14-15-16-17-18-20-48(47)21-19-44-46(40,45-26-42-33(39)41-23-28(2)3)27-43-29(4)22-38-25-37-30-31(34)35-24-36-32(30)38/h24-25,28-29H,5-23,26-27H2,1-4H3,(H2,34,35,36)/t29-,46+,48?/m1/s1. The Balaban J connectivity index is 1.69. The number of imidazole rings is 1. The van der Waals surface area contributed by atoms with E-state index >= 15 is 0 Å². The fourth-order valence-electron chi connectivity index (χ4n) is 4.95. The molecule has 2 N–H and O–H groups in total. The first-order valence-electron chi connectivity index (χ1n) is 17.7. The smallest absolute Gasteiger partial charge is 0.434 e. The van der Waals surface area contributed by atoms with Gasteiger partial charge in [-0.2, -0.15) is 0 Å². The molecule has 0 saturated heterocycles. The van der Waals surface area contributed by atoms with Crippen LogP contribution in [0.15, 0.2) is 12.7 Å². The van der Waals surface area contributed by atoms with Crippen molar-refractivity contribution in [3.05, 3.63) is 12.7 Å². The van der Waals surface area contributed by atoms with Crippen LogP contribution in [0.5, 0.6) is 0 Å². The van der Waals surface area contributed by atoms with E-state index in [1.165, 1.54) is 89.8 Å². The summed E-state index contributed by atoms with van der Waals surface area (Å²) in [4.78, 5) is 24.3. The molecule has 0 aliphatic carbocycles. The molecule has 0 radical (unpaired) electrons. The van der Waals surface area contributed by atoms with Crippen LogP contribution in [0.3, 0.4) is 0 Å². The van der Waals surface area contributed by atoms with Crippen molar-refractivity contribution in [1.82, 2.24) is 19.5 Å². The van der Waals surface area contributed by atoms with Gasteiger partial charge in [0.1, 0.15) is 18.2 Å². The summed E-state index contributed by atoms with van der Waals surface area (Å²) in [5.74, 6) is 1.95. The van der Waals surface area contributed by atoms with Crippen molar-refractivity contribution >= 4 is 51.4 Å². The molecule has 15 heteroatoms. The fourth-order valence-corrected chi connectivity index (χ4v) is 7.88. The maximum atomic E-state index is 13.6. The number of anilines is 1. The molecule has 0 aromatic carbocycles. The van der Waals surface area contributed by atoms with Gasteiger partial charge in [-0.1, -0.05) is 115 Å². The summed E-state index contributed by atoms with van der Waals surface area (Å²) in [5, 5.41) is 0. The minimum Gasteiger partial charge on any atom is -0.434 e. The lowest BCUT2D eigenvalue weighted by Gasteiger charge is -2.21. The van der Waals surface area contributed by atoms with Crippen LogP contribution in [-0.4, -0.2) is 69.6 Å². The molecule has 2 aromatic heterocycles. The second-order valence-corrected chi connectivity index (χ2v) is 17.8. The highest BCUT2D eigenvalue weighted by atomic mass is 32.8. The van der Waals surface area contributed by atoms with Crippen molar-refractivity contribution in [2.75, 3.05) is 43.6 Å². The molecule has 2 aromatic rings. The summed E-state index contributed by atoms with van der Waals surface area (Å²) in [7, 11) is -4.09. The molecule has 3 atom stereocenters. The highest BCUT2D eigenvalue weighted by Crippen LogP contribution is 2.48. The zero-order chi connectivity index (χ0) is 35.0. The number of hydrogen-bond donors (Lipinski definition) is 1. The van der Waals surface area contributed by atoms with Crippen LogP contribution in [0.25, 0.3) is 11.2 Å². The predicted molar refractivity (Wildman–Crippen MR) is 197 cm³/mol. The molecule has 0 aliphatic heterocycles. The van der Waals surface area contributed by atoms with Gasteiger partial charge >= 0.3 is 13.8 Å². The molecule has 0 aliphatic rings. The Kier molecular flexibility index (Phi) is 22.4. The number of nitrogens with zero attached hydrogens (tertiary/aromatic N) is 4. The van der Waals surface area contributed by atoms with Gasteiger partial charge in [-0.25, -0.2) is 19.7 Å². The Labute approximate surface area is 295 Å².